The molecule has 0 fully saturated rings. The Morgan fingerprint density at radius 1 is 1.06 bits per heavy atom. The van der Waals surface area contributed by atoms with Gasteiger partial charge in [0.15, 0.2) is 0 Å². The molecule has 1 aliphatic rings. The number of anilines is 1. The summed E-state index contributed by atoms with van der Waals surface area (Å²) in [6.45, 7) is 0.412. The van der Waals surface area contributed by atoms with Gasteiger partial charge in [-0.25, -0.2) is 13.6 Å². The Balaban J connectivity index is 1.60. The number of carbonyl (C=O) groups excluding carboxylic acids is 1. The molecule has 0 bridgehead atoms. The van der Waals surface area contributed by atoms with E-state index in [1.807, 2.05) is 12.1 Å². The standard InChI is InChI=1S/C24H18ClF2N3O/c25-15-7-10-20-18(13-15)17-11-12-30(24(31)29-21-4-2-1-3-19(21)27)23(22(17)28-20)14-5-8-16(26)9-6-14/h1-10,13,23,28H,11-12H2,(H,29,31). The number of nitrogens with one attached hydrogen (secondary N) is 2. The lowest BCUT2D eigenvalue weighted by Crippen LogP contribution is -2.43. The summed E-state index contributed by atoms with van der Waals surface area (Å²) < 4.78 is 27.7. The quantitative estimate of drug-likeness (QED) is 0.381. The third kappa shape index (κ3) is 3.53. The van der Waals surface area contributed by atoms with Gasteiger partial charge >= 0.3 is 6.03 Å². The van der Waals surface area contributed by atoms with Crippen molar-refractivity contribution >= 4 is 34.2 Å². The molecule has 0 spiro atoms. The van der Waals surface area contributed by atoms with E-state index < -0.39 is 17.9 Å². The molecule has 0 saturated heterocycles. The van der Waals surface area contributed by atoms with E-state index in [1.54, 1.807) is 35.2 Å². The maximum Gasteiger partial charge on any atom is 0.322 e. The van der Waals surface area contributed by atoms with Crippen LogP contribution < -0.4 is 5.32 Å². The number of halogens is 3. The molecular weight excluding hydrogens is 420 g/mol. The third-order valence-electron chi connectivity index (χ3n) is 5.65. The van der Waals surface area contributed by atoms with Gasteiger partial charge in [0.25, 0.3) is 0 Å². The Labute approximate surface area is 182 Å². The van der Waals surface area contributed by atoms with Gasteiger partial charge in [-0.3, -0.25) is 0 Å². The van der Waals surface area contributed by atoms with Crippen molar-refractivity contribution in [1.29, 1.82) is 0 Å². The number of aromatic nitrogens is 1. The highest BCUT2D eigenvalue weighted by molar-refractivity contribution is 6.31. The number of hydrogen-bond donors (Lipinski definition) is 2. The van der Waals surface area contributed by atoms with E-state index in [0.29, 0.717) is 18.0 Å². The molecule has 1 aliphatic heterocycles. The number of H-pyrrole nitrogens is 1. The lowest BCUT2D eigenvalue weighted by atomic mass is 9.92. The normalized spacial score (nSPS) is 15.7. The molecule has 1 unspecified atom stereocenters. The van der Waals surface area contributed by atoms with Crippen LogP contribution in [-0.2, 0) is 6.42 Å². The van der Waals surface area contributed by atoms with Crippen molar-refractivity contribution in [3.05, 3.63) is 100 Å². The number of fused-ring (bicyclic) bond motifs is 3. The first kappa shape index (κ1) is 19.6. The molecular formula is C24H18ClF2N3O. The average Bonchev–Trinajstić information content (AvgIpc) is 3.13. The minimum absolute atomic E-state index is 0.111. The molecule has 1 aromatic heterocycles. The first-order valence-electron chi connectivity index (χ1n) is 9.89. The molecule has 0 aliphatic carbocycles. The second kappa shape index (κ2) is 7.71. The van der Waals surface area contributed by atoms with Gasteiger partial charge in [-0.2, -0.15) is 0 Å². The summed E-state index contributed by atoms with van der Waals surface area (Å²) in [5.41, 5.74) is 3.70. The van der Waals surface area contributed by atoms with Crippen LogP contribution in [0.2, 0.25) is 5.02 Å². The number of benzene rings is 3. The molecule has 4 nitrogen and oxygen atoms in total. The third-order valence-corrected chi connectivity index (χ3v) is 5.89. The van der Waals surface area contributed by atoms with Gasteiger partial charge in [0.2, 0.25) is 0 Å². The van der Waals surface area contributed by atoms with Crippen molar-refractivity contribution in [1.82, 2.24) is 9.88 Å². The van der Waals surface area contributed by atoms with Crippen LogP contribution in [0.15, 0.2) is 66.7 Å². The van der Waals surface area contributed by atoms with E-state index >= 15 is 0 Å². The first-order valence-corrected chi connectivity index (χ1v) is 10.3. The predicted molar refractivity (Wildman–Crippen MR) is 117 cm³/mol. The molecule has 2 heterocycles. The molecule has 2 amide bonds. The molecule has 0 saturated carbocycles. The molecule has 0 radical (unpaired) electrons. The van der Waals surface area contributed by atoms with Crippen molar-refractivity contribution in [3.8, 4) is 0 Å². The van der Waals surface area contributed by atoms with E-state index in [0.717, 1.165) is 27.7 Å². The second-order valence-corrected chi connectivity index (χ2v) is 7.95. The van der Waals surface area contributed by atoms with Crippen LogP contribution in [0.25, 0.3) is 10.9 Å². The number of hydrogen-bond acceptors (Lipinski definition) is 1. The summed E-state index contributed by atoms with van der Waals surface area (Å²) >= 11 is 6.21. The van der Waals surface area contributed by atoms with Gasteiger partial charge in [0.1, 0.15) is 11.6 Å². The topological polar surface area (TPSA) is 48.1 Å². The molecule has 2 N–H and O–H groups in total. The number of rotatable bonds is 2. The van der Waals surface area contributed by atoms with Crippen molar-refractivity contribution in [2.45, 2.75) is 12.5 Å². The SMILES string of the molecule is O=C(Nc1ccccc1F)N1CCc2c([nH]c3ccc(Cl)cc23)C1c1ccc(F)cc1. The Morgan fingerprint density at radius 3 is 2.61 bits per heavy atom. The maximum absolute atomic E-state index is 14.1. The van der Waals surface area contributed by atoms with Crippen LogP contribution in [0, 0.1) is 11.6 Å². The Kier molecular flexibility index (Phi) is 4.87. The number of carbonyl (C=O) groups is 1. The Morgan fingerprint density at radius 2 is 1.84 bits per heavy atom. The van der Waals surface area contributed by atoms with E-state index in [9.17, 15) is 13.6 Å². The van der Waals surface area contributed by atoms with Crippen molar-refractivity contribution in [3.63, 3.8) is 0 Å². The highest BCUT2D eigenvalue weighted by Gasteiger charge is 2.35. The first-order chi connectivity index (χ1) is 15.0. The van der Waals surface area contributed by atoms with Crippen LogP contribution in [0.3, 0.4) is 0 Å². The van der Waals surface area contributed by atoms with E-state index in [4.69, 9.17) is 11.6 Å². The van der Waals surface area contributed by atoms with Gasteiger partial charge in [-0.1, -0.05) is 35.9 Å². The Hall–Kier alpha value is -3.38. The highest BCUT2D eigenvalue weighted by atomic mass is 35.5. The molecule has 5 rings (SSSR count). The van der Waals surface area contributed by atoms with Gasteiger partial charge in [0.05, 0.1) is 11.7 Å². The minimum atomic E-state index is -0.507. The minimum Gasteiger partial charge on any atom is -0.356 e. The van der Waals surface area contributed by atoms with Crippen molar-refractivity contribution < 1.29 is 13.6 Å². The van der Waals surface area contributed by atoms with Crippen molar-refractivity contribution in [2.24, 2.45) is 0 Å². The van der Waals surface area contributed by atoms with Gasteiger partial charge in [-0.05, 0) is 60.0 Å². The Bertz CT molecular complexity index is 1290. The fraction of sp³-hybridized carbons (Fsp3) is 0.125. The molecule has 1 atom stereocenters. The van der Waals surface area contributed by atoms with Crippen LogP contribution >= 0.6 is 11.6 Å². The summed E-state index contributed by atoms with van der Waals surface area (Å²) in [6.07, 6.45) is 0.609. The molecule has 3 aromatic carbocycles. The summed E-state index contributed by atoms with van der Waals surface area (Å²) in [7, 11) is 0. The lowest BCUT2D eigenvalue weighted by molar-refractivity contribution is 0.193. The zero-order chi connectivity index (χ0) is 21.5. The number of para-hydroxylation sites is 1. The average molecular weight is 438 g/mol. The van der Waals surface area contributed by atoms with Gasteiger partial charge in [-0.15, -0.1) is 0 Å². The molecule has 7 heteroatoms. The van der Waals surface area contributed by atoms with E-state index in [2.05, 4.69) is 10.3 Å². The van der Waals surface area contributed by atoms with Gasteiger partial charge < -0.3 is 15.2 Å². The largest absolute Gasteiger partial charge is 0.356 e. The zero-order valence-corrected chi connectivity index (χ0v) is 17.1. The van der Waals surface area contributed by atoms with Crippen LogP contribution in [0.5, 0.6) is 0 Å². The molecule has 4 aromatic rings. The van der Waals surface area contributed by atoms with E-state index in [-0.39, 0.29) is 11.5 Å². The summed E-state index contributed by atoms with van der Waals surface area (Å²) in [5.74, 6) is -0.863. The monoisotopic (exact) mass is 437 g/mol. The summed E-state index contributed by atoms with van der Waals surface area (Å²) in [5, 5.41) is 4.30. The van der Waals surface area contributed by atoms with Crippen LogP contribution in [0.1, 0.15) is 22.9 Å². The zero-order valence-electron chi connectivity index (χ0n) is 16.3. The fourth-order valence-electron chi connectivity index (χ4n) is 4.22. The van der Waals surface area contributed by atoms with Crippen molar-refractivity contribution in [2.75, 3.05) is 11.9 Å². The molecule has 31 heavy (non-hydrogen) atoms. The van der Waals surface area contributed by atoms with Crippen LogP contribution in [0.4, 0.5) is 19.3 Å². The lowest BCUT2D eigenvalue weighted by Gasteiger charge is -2.36. The second-order valence-electron chi connectivity index (χ2n) is 7.51. The fourth-order valence-corrected chi connectivity index (χ4v) is 4.39. The number of nitrogens with zero attached hydrogens (tertiary/aromatic N) is 1. The predicted octanol–water partition coefficient (Wildman–Crippen LogP) is 6.28. The summed E-state index contributed by atoms with van der Waals surface area (Å²) in [4.78, 5) is 18.2. The maximum atomic E-state index is 14.1. The summed E-state index contributed by atoms with van der Waals surface area (Å²) in [6, 6.07) is 16.8. The highest BCUT2D eigenvalue weighted by Crippen LogP contribution is 2.39. The van der Waals surface area contributed by atoms with Crippen LogP contribution in [-0.4, -0.2) is 22.5 Å². The van der Waals surface area contributed by atoms with Gasteiger partial charge in [0, 0.05) is 28.2 Å². The number of urea groups is 1. The smallest absolute Gasteiger partial charge is 0.322 e. The van der Waals surface area contributed by atoms with E-state index in [1.165, 1.54) is 24.3 Å². The number of amides is 2. The molecule has 156 valence electrons. The number of aromatic amines is 1.